The normalized spacial score (nSPS) is 10.1. The summed E-state index contributed by atoms with van der Waals surface area (Å²) in [7, 11) is 1.28. The van der Waals surface area contributed by atoms with Crippen LogP contribution in [0, 0.1) is 0 Å². The molecule has 1 N–H and O–H groups in total. The fourth-order valence-electron chi connectivity index (χ4n) is 1.50. The van der Waals surface area contributed by atoms with Crippen LogP contribution in [0.15, 0.2) is 18.2 Å². The summed E-state index contributed by atoms with van der Waals surface area (Å²) in [4.78, 5) is 23.3. The Hall–Kier alpha value is -1.07. The summed E-state index contributed by atoms with van der Waals surface area (Å²) < 4.78 is 4.66. The number of nitrogens with one attached hydrogen (secondary N) is 1. The van der Waals surface area contributed by atoms with Crippen molar-refractivity contribution in [3.63, 3.8) is 0 Å². The number of ether oxygens (including phenoxy) is 1. The fraction of sp³-hybridized carbons (Fsp3) is 0.385. The molecular formula is C13H15BrClNO3. The van der Waals surface area contributed by atoms with Gasteiger partial charge in [-0.2, -0.15) is 0 Å². The van der Waals surface area contributed by atoms with Crippen molar-refractivity contribution in [3.8, 4) is 0 Å². The van der Waals surface area contributed by atoms with E-state index in [0.29, 0.717) is 17.1 Å². The van der Waals surface area contributed by atoms with Crippen LogP contribution in [0.25, 0.3) is 0 Å². The average molecular weight is 349 g/mol. The highest BCUT2D eigenvalue weighted by Gasteiger charge is 2.14. The molecule has 0 atom stereocenters. The predicted molar refractivity (Wildman–Crippen MR) is 79.1 cm³/mol. The van der Waals surface area contributed by atoms with E-state index in [-0.39, 0.29) is 11.5 Å². The fourth-order valence-corrected chi connectivity index (χ4v) is 2.07. The largest absolute Gasteiger partial charge is 0.465 e. The summed E-state index contributed by atoms with van der Waals surface area (Å²) in [5, 5.41) is 3.98. The van der Waals surface area contributed by atoms with Gasteiger partial charge in [-0.15, -0.1) is 0 Å². The van der Waals surface area contributed by atoms with Gasteiger partial charge in [-0.05, 0) is 31.0 Å². The number of alkyl halides is 1. The Balaban J connectivity index is 2.77. The summed E-state index contributed by atoms with van der Waals surface area (Å²) >= 11 is 9.14. The number of benzene rings is 1. The number of methoxy groups -OCH3 is 1. The number of hydrogen-bond donors (Lipinski definition) is 1. The molecule has 0 aliphatic carbocycles. The maximum atomic E-state index is 11.7. The third-order valence-electron chi connectivity index (χ3n) is 2.45. The smallest absolute Gasteiger partial charge is 0.340 e. The van der Waals surface area contributed by atoms with Crippen molar-refractivity contribution in [2.45, 2.75) is 19.3 Å². The summed E-state index contributed by atoms with van der Waals surface area (Å²) in [6.45, 7) is 0. The molecule has 0 aliphatic heterocycles. The number of anilines is 1. The standard InChI is InChI=1S/C13H15BrClNO3/c1-19-13(18)10-8-9(15)5-6-11(10)16-12(17)4-2-3-7-14/h5-6,8H,2-4,7H2,1H3,(H,16,17). The zero-order valence-corrected chi connectivity index (χ0v) is 12.9. The van der Waals surface area contributed by atoms with E-state index in [4.69, 9.17) is 11.6 Å². The zero-order chi connectivity index (χ0) is 14.3. The Morgan fingerprint density at radius 2 is 2.11 bits per heavy atom. The lowest BCUT2D eigenvalue weighted by Crippen LogP contribution is -2.15. The molecule has 1 aromatic carbocycles. The molecule has 104 valence electrons. The molecule has 4 nitrogen and oxygen atoms in total. The van der Waals surface area contributed by atoms with Crippen molar-refractivity contribution in [2.24, 2.45) is 0 Å². The van der Waals surface area contributed by atoms with Crippen LogP contribution in [0.1, 0.15) is 29.6 Å². The molecule has 0 heterocycles. The van der Waals surface area contributed by atoms with E-state index in [1.54, 1.807) is 12.1 Å². The van der Waals surface area contributed by atoms with Crippen LogP contribution < -0.4 is 5.32 Å². The van der Waals surface area contributed by atoms with E-state index in [1.807, 2.05) is 0 Å². The molecule has 0 bridgehead atoms. The minimum Gasteiger partial charge on any atom is -0.465 e. The maximum absolute atomic E-state index is 11.7. The number of rotatable bonds is 6. The number of carbonyl (C=O) groups excluding carboxylic acids is 2. The molecule has 0 spiro atoms. The molecule has 1 amide bonds. The number of carbonyl (C=O) groups is 2. The number of unbranched alkanes of at least 4 members (excludes halogenated alkanes) is 1. The Labute approximate surface area is 125 Å². The van der Waals surface area contributed by atoms with Crippen molar-refractivity contribution in [1.82, 2.24) is 0 Å². The van der Waals surface area contributed by atoms with E-state index >= 15 is 0 Å². The summed E-state index contributed by atoms with van der Waals surface area (Å²) in [5.74, 6) is -0.660. The molecule has 1 rings (SSSR count). The van der Waals surface area contributed by atoms with E-state index in [1.165, 1.54) is 13.2 Å². The van der Waals surface area contributed by atoms with Gasteiger partial charge in [0, 0.05) is 16.8 Å². The Morgan fingerprint density at radius 1 is 1.37 bits per heavy atom. The number of amides is 1. The van der Waals surface area contributed by atoms with E-state index < -0.39 is 5.97 Å². The second-order valence-corrected chi connectivity index (χ2v) is 5.11. The molecule has 0 saturated heterocycles. The highest BCUT2D eigenvalue weighted by molar-refractivity contribution is 9.09. The molecule has 6 heteroatoms. The van der Waals surface area contributed by atoms with Gasteiger partial charge in [0.15, 0.2) is 0 Å². The van der Waals surface area contributed by atoms with Crippen molar-refractivity contribution < 1.29 is 14.3 Å². The van der Waals surface area contributed by atoms with Gasteiger partial charge in [0.05, 0.1) is 18.4 Å². The molecule has 0 radical (unpaired) electrons. The van der Waals surface area contributed by atoms with Crippen molar-refractivity contribution >= 4 is 45.1 Å². The van der Waals surface area contributed by atoms with E-state index in [0.717, 1.165) is 18.2 Å². The molecule has 0 fully saturated rings. The van der Waals surface area contributed by atoms with Crippen LogP contribution in [-0.2, 0) is 9.53 Å². The summed E-state index contributed by atoms with van der Waals surface area (Å²) in [5.41, 5.74) is 0.670. The quantitative estimate of drug-likeness (QED) is 0.485. The Kier molecular flexibility index (Phi) is 6.87. The molecule has 0 unspecified atom stereocenters. The van der Waals surface area contributed by atoms with E-state index in [9.17, 15) is 9.59 Å². The van der Waals surface area contributed by atoms with Gasteiger partial charge in [-0.25, -0.2) is 4.79 Å². The molecule has 19 heavy (non-hydrogen) atoms. The third kappa shape index (κ3) is 5.20. The molecule has 0 aromatic heterocycles. The van der Waals surface area contributed by atoms with Crippen molar-refractivity contribution in [2.75, 3.05) is 17.8 Å². The summed E-state index contributed by atoms with van der Waals surface area (Å²) in [6.07, 6.45) is 2.13. The van der Waals surface area contributed by atoms with E-state index in [2.05, 4.69) is 26.0 Å². The lowest BCUT2D eigenvalue weighted by atomic mass is 10.1. The average Bonchev–Trinajstić information content (AvgIpc) is 2.40. The number of esters is 1. The highest BCUT2D eigenvalue weighted by atomic mass is 79.9. The molecule has 0 aliphatic rings. The Morgan fingerprint density at radius 3 is 2.74 bits per heavy atom. The van der Waals surface area contributed by atoms with Crippen LogP contribution in [0.3, 0.4) is 0 Å². The first-order valence-electron chi connectivity index (χ1n) is 5.82. The van der Waals surface area contributed by atoms with Gasteiger partial charge >= 0.3 is 5.97 Å². The van der Waals surface area contributed by atoms with Crippen LogP contribution in [0.4, 0.5) is 5.69 Å². The van der Waals surface area contributed by atoms with Gasteiger partial charge in [0.2, 0.25) is 5.91 Å². The first-order valence-corrected chi connectivity index (χ1v) is 7.32. The first kappa shape index (κ1) is 16.0. The SMILES string of the molecule is COC(=O)c1cc(Cl)ccc1NC(=O)CCCCBr. The van der Waals surface area contributed by atoms with Crippen molar-refractivity contribution in [3.05, 3.63) is 28.8 Å². The van der Waals surface area contributed by atoms with Gasteiger partial charge in [-0.1, -0.05) is 27.5 Å². The highest BCUT2D eigenvalue weighted by Crippen LogP contribution is 2.22. The number of hydrogen-bond acceptors (Lipinski definition) is 3. The minimum absolute atomic E-state index is 0.131. The monoisotopic (exact) mass is 347 g/mol. The number of halogens is 2. The summed E-state index contributed by atoms with van der Waals surface area (Å²) in [6, 6.07) is 4.68. The zero-order valence-electron chi connectivity index (χ0n) is 10.5. The van der Waals surface area contributed by atoms with Gasteiger partial charge in [0.25, 0.3) is 0 Å². The van der Waals surface area contributed by atoms with Crippen LogP contribution in [-0.4, -0.2) is 24.3 Å². The topological polar surface area (TPSA) is 55.4 Å². The second kappa shape index (κ2) is 8.17. The van der Waals surface area contributed by atoms with Crippen LogP contribution in [0.2, 0.25) is 5.02 Å². The molecule has 0 saturated carbocycles. The Bertz CT molecular complexity index is 465. The van der Waals surface area contributed by atoms with Crippen molar-refractivity contribution in [1.29, 1.82) is 0 Å². The van der Waals surface area contributed by atoms with Gasteiger partial charge in [-0.3, -0.25) is 4.79 Å². The van der Waals surface area contributed by atoms with Crippen LogP contribution in [0.5, 0.6) is 0 Å². The first-order chi connectivity index (χ1) is 9.08. The van der Waals surface area contributed by atoms with Gasteiger partial charge in [0.1, 0.15) is 0 Å². The lowest BCUT2D eigenvalue weighted by molar-refractivity contribution is -0.116. The predicted octanol–water partition coefficient (Wildman–Crippen LogP) is 3.63. The minimum atomic E-state index is -0.529. The molecular weight excluding hydrogens is 334 g/mol. The third-order valence-corrected chi connectivity index (χ3v) is 3.24. The lowest BCUT2D eigenvalue weighted by Gasteiger charge is -2.10. The van der Waals surface area contributed by atoms with Gasteiger partial charge < -0.3 is 10.1 Å². The maximum Gasteiger partial charge on any atom is 0.340 e. The molecule has 1 aromatic rings. The van der Waals surface area contributed by atoms with Crippen LogP contribution >= 0.6 is 27.5 Å². The second-order valence-electron chi connectivity index (χ2n) is 3.88.